The number of methoxy groups -OCH3 is 1. The molecule has 0 saturated heterocycles. The second-order valence-corrected chi connectivity index (χ2v) is 7.57. The highest BCUT2D eigenvalue weighted by Gasteiger charge is 2.30. The normalized spacial score (nSPS) is 20.2. The van der Waals surface area contributed by atoms with E-state index in [1.807, 2.05) is 18.2 Å². The van der Waals surface area contributed by atoms with Gasteiger partial charge in [0.05, 0.1) is 18.1 Å². The number of hydrogen-bond donors (Lipinski definition) is 2. The van der Waals surface area contributed by atoms with E-state index < -0.39 is 0 Å². The van der Waals surface area contributed by atoms with Gasteiger partial charge in [-0.3, -0.25) is 4.79 Å². The number of carbonyl (C=O) groups is 1. The summed E-state index contributed by atoms with van der Waals surface area (Å²) in [6.45, 7) is 0. The van der Waals surface area contributed by atoms with Crippen molar-refractivity contribution in [1.29, 1.82) is 0 Å². The van der Waals surface area contributed by atoms with Gasteiger partial charge in [-0.25, -0.2) is 4.98 Å². The van der Waals surface area contributed by atoms with Crippen LogP contribution in [0.15, 0.2) is 18.2 Å². The van der Waals surface area contributed by atoms with E-state index in [9.17, 15) is 4.79 Å². The Hall–Kier alpha value is -2.28. The highest BCUT2D eigenvalue weighted by molar-refractivity contribution is 7.16. The minimum absolute atomic E-state index is 0.0481. The maximum Gasteiger partial charge on any atom is 0.226 e. The van der Waals surface area contributed by atoms with Crippen LogP contribution in [0.1, 0.15) is 48.5 Å². The van der Waals surface area contributed by atoms with E-state index in [0.717, 1.165) is 29.0 Å². The molecule has 132 valence electrons. The van der Waals surface area contributed by atoms with E-state index >= 15 is 0 Å². The van der Waals surface area contributed by atoms with Crippen molar-refractivity contribution >= 4 is 28.2 Å². The third-order valence-corrected chi connectivity index (χ3v) is 5.82. The number of anilines is 2. The molecule has 1 aromatic carbocycles. The summed E-state index contributed by atoms with van der Waals surface area (Å²) in [4.78, 5) is 17.2. The third-order valence-electron chi connectivity index (χ3n) is 4.82. The molecule has 0 bridgehead atoms. The zero-order valence-corrected chi connectivity index (χ0v) is 14.9. The van der Waals surface area contributed by atoms with Crippen LogP contribution in [-0.2, 0) is 4.79 Å². The highest BCUT2D eigenvalue weighted by Crippen LogP contribution is 2.43. The second-order valence-electron chi connectivity index (χ2n) is 6.50. The first-order valence-corrected chi connectivity index (χ1v) is 9.36. The van der Waals surface area contributed by atoms with Crippen LogP contribution in [0.3, 0.4) is 0 Å². The molecule has 1 aliphatic carbocycles. The Bertz CT molecular complexity index is 799. The Morgan fingerprint density at radius 3 is 2.84 bits per heavy atom. The summed E-state index contributed by atoms with van der Waals surface area (Å²) < 4.78 is 11.6. The van der Waals surface area contributed by atoms with E-state index in [4.69, 9.17) is 15.2 Å². The topological polar surface area (TPSA) is 86.5 Å². The van der Waals surface area contributed by atoms with Crippen LogP contribution in [0, 0.1) is 0 Å². The third kappa shape index (κ3) is 3.16. The number of hydrogen-bond acceptors (Lipinski definition) is 6. The Morgan fingerprint density at radius 1 is 1.28 bits per heavy atom. The van der Waals surface area contributed by atoms with Crippen molar-refractivity contribution in [3.05, 3.63) is 28.6 Å². The summed E-state index contributed by atoms with van der Waals surface area (Å²) in [5, 5.41) is 3.26. The summed E-state index contributed by atoms with van der Waals surface area (Å²) >= 11 is 1.42. The van der Waals surface area contributed by atoms with E-state index in [1.165, 1.54) is 24.2 Å². The summed E-state index contributed by atoms with van der Waals surface area (Å²) in [6, 6.07) is 5.92. The molecule has 2 aromatic rings. The van der Waals surface area contributed by atoms with Gasteiger partial charge >= 0.3 is 0 Å². The molecule has 7 heteroatoms. The van der Waals surface area contributed by atoms with Crippen LogP contribution < -0.4 is 20.5 Å². The molecule has 1 saturated carbocycles. The van der Waals surface area contributed by atoms with Gasteiger partial charge in [-0.05, 0) is 43.4 Å². The van der Waals surface area contributed by atoms with Crippen molar-refractivity contribution < 1.29 is 14.3 Å². The summed E-state index contributed by atoms with van der Waals surface area (Å²) in [5.41, 5.74) is 6.84. The number of ether oxygens (including phenoxy) is 2. The van der Waals surface area contributed by atoms with Gasteiger partial charge in [0.1, 0.15) is 5.82 Å². The smallest absolute Gasteiger partial charge is 0.226 e. The van der Waals surface area contributed by atoms with Crippen molar-refractivity contribution in [2.24, 2.45) is 0 Å². The van der Waals surface area contributed by atoms with E-state index in [1.54, 1.807) is 7.11 Å². The predicted molar refractivity (Wildman–Crippen MR) is 97.5 cm³/mol. The van der Waals surface area contributed by atoms with Crippen molar-refractivity contribution in [3.63, 3.8) is 0 Å². The number of amides is 1. The second kappa shape index (κ2) is 6.55. The summed E-state index contributed by atoms with van der Waals surface area (Å²) in [7, 11) is 1.64. The number of nitrogens with two attached hydrogens (primary N) is 1. The lowest BCUT2D eigenvalue weighted by Crippen LogP contribution is -2.22. The molecule has 3 N–H and O–H groups in total. The quantitative estimate of drug-likeness (QED) is 0.872. The maximum absolute atomic E-state index is 12.0. The maximum atomic E-state index is 12.0. The van der Waals surface area contributed by atoms with Crippen LogP contribution >= 0.6 is 11.3 Å². The molecule has 2 aliphatic rings. The Balaban J connectivity index is 1.65. The van der Waals surface area contributed by atoms with Crippen LogP contribution in [0.4, 0.5) is 10.9 Å². The van der Waals surface area contributed by atoms with Crippen LogP contribution in [0.2, 0.25) is 0 Å². The number of nitrogens with one attached hydrogen (secondary N) is 1. The minimum Gasteiger partial charge on any atom is -0.493 e. The molecule has 0 radical (unpaired) electrons. The highest BCUT2D eigenvalue weighted by atomic mass is 32.1. The van der Waals surface area contributed by atoms with Crippen molar-refractivity contribution in [3.8, 4) is 11.5 Å². The number of carbonyl (C=O) groups excluding carboxylic acids is 1. The van der Waals surface area contributed by atoms with Gasteiger partial charge < -0.3 is 20.5 Å². The molecular weight excluding hydrogens is 338 g/mol. The van der Waals surface area contributed by atoms with Crippen molar-refractivity contribution in [2.45, 2.75) is 44.1 Å². The molecular formula is C18H21N3O3S. The minimum atomic E-state index is -0.0621. The zero-order valence-electron chi connectivity index (χ0n) is 14.1. The summed E-state index contributed by atoms with van der Waals surface area (Å²) in [6.07, 6.45) is 5.28. The van der Waals surface area contributed by atoms with Crippen LogP contribution in [-0.4, -0.2) is 24.1 Å². The average molecular weight is 359 g/mol. The Labute approximate surface area is 150 Å². The van der Waals surface area contributed by atoms with Gasteiger partial charge in [0.25, 0.3) is 0 Å². The number of rotatable bonds is 4. The lowest BCUT2D eigenvalue weighted by atomic mass is 9.91. The molecule has 25 heavy (non-hydrogen) atoms. The molecule has 1 aromatic heterocycles. The number of fused-ring (bicyclic) bond motifs is 1. The van der Waals surface area contributed by atoms with Gasteiger partial charge in [0.15, 0.2) is 16.6 Å². The van der Waals surface area contributed by atoms with Gasteiger partial charge in [-0.15, -0.1) is 0 Å². The molecule has 0 unspecified atom stereocenters. The summed E-state index contributed by atoms with van der Waals surface area (Å²) in [5.74, 6) is 1.94. The standard InChI is InChI=1S/C18H21N3O3S/c1-23-14-8-10(6-7-13(14)24-11-4-2-3-5-11)12-9-15(22)20-17-16(12)25-18(19)21-17/h6-8,11-12H,2-5,9H2,1H3,(H2,19,21)(H,20,22)/t12-/m1/s1. The van der Waals surface area contributed by atoms with Crippen molar-refractivity contribution in [1.82, 2.24) is 4.98 Å². The van der Waals surface area contributed by atoms with Gasteiger partial charge in [-0.2, -0.15) is 0 Å². The fourth-order valence-electron chi connectivity index (χ4n) is 3.59. The van der Waals surface area contributed by atoms with Gasteiger partial charge in [-0.1, -0.05) is 17.4 Å². The van der Waals surface area contributed by atoms with Crippen LogP contribution in [0.25, 0.3) is 0 Å². The van der Waals surface area contributed by atoms with Gasteiger partial charge in [0.2, 0.25) is 5.91 Å². The Kier molecular flexibility index (Phi) is 4.25. The fourth-order valence-corrected chi connectivity index (χ4v) is 4.51. The first-order valence-electron chi connectivity index (χ1n) is 8.54. The molecule has 1 aliphatic heterocycles. The molecule has 4 rings (SSSR count). The number of nitrogen functional groups attached to an aromatic ring is 1. The zero-order chi connectivity index (χ0) is 17.4. The van der Waals surface area contributed by atoms with Gasteiger partial charge in [0, 0.05) is 12.3 Å². The molecule has 1 amide bonds. The lowest BCUT2D eigenvalue weighted by molar-refractivity contribution is -0.116. The first kappa shape index (κ1) is 16.2. The molecule has 0 spiro atoms. The number of nitrogens with zero attached hydrogens (tertiary/aromatic N) is 1. The predicted octanol–water partition coefficient (Wildman–Crippen LogP) is 3.53. The van der Waals surface area contributed by atoms with E-state index in [-0.39, 0.29) is 17.9 Å². The molecule has 1 fully saturated rings. The monoisotopic (exact) mass is 359 g/mol. The molecule has 6 nitrogen and oxygen atoms in total. The van der Waals surface area contributed by atoms with E-state index in [2.05, 4.69) is 10.3 Å². The number of aromatic nitrogens is 1. The van der Waals surface area contributed by atoms with E-state index in [0.29, 0.717) is 23.1 Å². The largest absolute Gasteiger partial charge is 0.493 e. The molecule has 1 atom stereocenters. The number of thiazole rings is 1. The van der Waals surface area contributed by atoms with Crippen LogP contribution in [0.5, 0.6) is 11.5 Å². The SMILES string of the molecule is COc1cc([C@H]2CC(=O)Nc3nc(N)sc32)ccc1OC1CCCC1. The number of benzene rings is 1. The first-order chi connectivity index (χ1) is 12.1. The molecule has 2 heterocycles. The fraction of sp³-hybridized carbons (Fsp3) is 0.444. The lowest BCUT2D eigenvalue weighted by Gasteiger charge is -2.23. The average Bonchev–Trinajstić information content (AvgIpc) is 3.23. The Morgan fingerprint density at radius 2 is 2.08 bits per heavy atom. The van der Waals surface area contributed by atoms with Crippen molar-refractivity contribution in [2.75, 3.05) is 18.2 Å².